The Labute approximate surface area is 178 Å². The summed E-state index contributed by atoms with van der Waals surface area (Å²) in [6.07, 6.45) is 0.649. The maximum Gasteiger partial charge on any atom is 0.241 e. The Morgan fingerprint density at radius 3 is 2.03 bits per heavy atom. The van der Waals surface area contributed by atoms with Crippen molar-refractivity contribution >= 4 is 21.6 Å². The number of benzene rings is 3. The van der Waals surface area contributed by atoms with Gasteiger partial charge in [-0.25, -0.2) is 13.1 Å². The third-order valence-corrected chi connectivity index (χ3v) is 6.45. The molecule has 0 fully saturated rings. The SMILES string of the molecule is CN(C)CCC(NS(=O)(=O)c1ccc(-c2ccccc2)cc1)c1ccc(Cl)cc1. The van der Waals surface area contributed by atoms with E-state index in [1.165, 1.54) is 0 Å². The average Bonchev–Trinajstić information content (AvgIpc) is 2.72. The molecule has 6 heteroatoms. The van der Waals surface area contributed by atoms with Crippen molar-refractivity contribution in [2.75, 3.05) is 20.6 Å². The Morgan fingerprint density at radius 2 is 1.45 bits per heavy atom. The number of halogens is 1. The van der Waals surface area contributed by atoms with E-state index in [9.17, 15) is 8.42 Å². The van der Waals surface area contributed by atoms with Gasteiger partial charge in [-0.1, -0.05) is 66.2 Å². The molecule has 0 aliphatic rings. The minimum absolute atomic E-state index is 0.251. The van der Waals surface area contributed by atoms with E-state index < -0.39 is 10.0 Å². The zero-order chi connectivity index (χ0) is 20.9. The number of sulfonamides is 1. The molecule has 0 spiro atoms. The topological polar surface area (TPSA) is 49.4 Å². The van der Waals surface area contributed by atoms with E-state index in [0.29, 0.717) is 11.4 Å². The lowest BCUT2D eigenvalue weighted by Gasteiger charge is -2.21. The quantitative estimate of drug-likeness (QED) is 0.550. The molecule has 3 aromatic rings. The third-order valence-electron chi connectivity index (χ3n) is 4.71. The Morgan fingerprint density at radius 1 is 0.862 bits per heavy atom. The molecule has 152 valence electrons. The molecule has 0 heterocycles. The van der Waals surface area contributed by atoms with E-state index in [2.05, 4.69) is 4.72 Å². The third kappa shape index (κ3) is 5.90. The van der Waals surface area contributed by atoms with Gasteiger partial charge in [-0.05, 0) is 68.0 Å². The number of hydrogen-bond donors (Lipinski definition) is 1. The first kappa shape index (κ1) is 21.5. The first-order chi connectivity index (χ1) is 13.8. The molecule has 0 radical (unpaired) electrons. The highest BCUT2D eigenvalue weighted by Crippen LogP contribution is 2.24. The lowest BCUT2D eigenvalue weighted by atomic mass is 10.0. The van der Waals surface area contributed by atoms with Crippen LogP contribution in [0.3, 0.4) is 0 Å². The van der Waals surface area contributed by atoms with Crippen molar-refractivity contribution in [2.24, 2.45) is 0 Å². The van der Waals surface area contributed by atoms with Crippen LogP contribution in [0.25, 0.3) is 11.1 Å². The second-order valence-electron chi connectivity index (χ2n) is 7.21. The smallest absolute Gasteiger partial charge is 0.241 e. The van der Waals surface area contributed by atoms with Crippen LogP contribution in [0.5, 0.6) is 0 Å². The molecule has 1 N–H and O–H groups in total. The Hall–Kier alpha value is -2.18. The number of hydrogen-bond acceptors (Lipinski definition) is 3. The molecule has 1 unspecified atom stereocenters. The van der Waals surface area contributed by atoms with Crippen molar-refractivity contribution in [3.8, 4) is 11.1 Å². The molecule has 0 amide bonds. The van der Waals surface area contributed by atoms with Gasteiger partial charge in [0.1, 0.15) is 0 Å². The van der Waals surface area contributed by atoms with Gasteiger partial charge >= 0.3 is 0 Å². The maximum atomic E-state index is 13.0. The van der Waals surface area contributed by atoms with E-state index in [1.54, 1.807) is 24.3 Å². The van der Waals surface area contributed by atoms with E-state index >= 15 is 0 Å². The van der Waals surface area contributed by atoms with Crippen molar-refractivity contribution in [3.05, 3.63) is 89.4 Å². The molecular formula is C23H25ClN2O2S. The predicted octanol–water partition coefficient (Wildman–Crippen LogP) is 4.98. The molecule has 0 bridgehead atoms. The summed E-state index contributed by atoms with van der Waals surface area (Å²) in [4.78, 5) is 2.28. The fraction of sp³-hybridized carbons (Fsp3) is 0.217. The zero-order valence-electron chi connectivity index (χ0n) is 16.5. The molecule has 0 aromatic heterocycles. The number of rotatable bonds is 8. The normalized spacial score (nSPS) is 12.8. The van der Waals surface area contributed by atoms with Crippen molar-refractivity contribution in [1.29, 1.82) is 0 Å². The highest BCUT2D eigenvalue weighted by molar-refractivity contribution is 7.89. The fourth-order valence-corrected chi connectivity index (χ4v) is 4.47. The van der Waals surface area contributed by atoms with E-state index in [4.69, 9.17) is 11.6 Å². The van der Waals surface area contributed by atoms with Gasteiger partial charge in [0.05, 0.1) is 4.90 Å². The van der Waals surface area contributed by atoms with E-state index in [1.807, 2.05) is 73.6 Å². The summed E-state index contributed by atoms with van der Waals surface area (Å²) in [5, 5.41) is 0.625. The van der Waals surface area contributed by atoms with Crippen LogP contribution in [0.4, 0.5) is 0 Å². The van der Waals surface area contributed by atoms with Crippen molar-refractivity contribution in [2.45, 2.75) is 17.4 Å². The average molecular weight is 429 g/mol. The maximum absolute atomic E-state index is 13.0. The van der Waals surface area contributed by atoms with E-state index in [0.717, 1.165) is 23.2 Å². The first-order valence-corrected chi connectivity index (χ1v) is 11.3. The van der Waals surface area contributed by atoms with Gasteiger partial charge < -0.3 is 4.90 Å². The van der Waals surface area contributed by atoms with Crippen molar-refractivity contribution < 1.29 is 8.42 Å². The van der Waals surface area contributed by atoms with Gasteiger partial charge in [0.2, 0.25) is 10.0 Å². The molecule has 0 saturated carbocycles. The van der Waals surface area contributed by atoms with Gasteiger partial charge in [0.15, 0.2) is 0 Å². The predicted molar refractivity (Wildman–Crippen MR) is 120 cm³/mol. The van der Waals surface area contributed by atoms with Crippen LogP contribution in [-0.2, 0) is 10.0 Å². The second kappa shape index (κ2) is 9.55. The summed E-state index contributed by atoms with van der Waals surface area (Å²) < 4.78 is 28.9. The number of nitrogens with one attached hydrogen (secondary N) is 1. The van der Waals surface area contributed by atoms with Gasteiger partial charge in [0, 0.05) is 11.1 Å². The fourth-order valence-electron chi connectivity index (χ4n) is 3.09. The monoisotopic (exact) mass is 428 g/mol. The highest BCUT2D eigenvalue weighted by atomic mass is 35.5. The molecule has 1 atom stereocenters. The molecule has 0 saturated heterocycles. The minimum atomic E-state index is -3.67. The van der Waals surface area contributed by atoms with Crippen molar-refractivity contribution in [3.63, 3.8) is 0 Å². The van der Waals surface area contributed by atoms with Gasteiger partial charge in [-0.3, -0.25) is 0 Å². The summed E-state index contributed by atoms with van der Waals surface area (Å²) in [5.74, 6) is 0. The lowest BCUT2D eigenvalue weighted by molar-refractivity contribution is 0.375. The van der Waals surface area contributed by atoms with Gasteiger partial charge in [-0.15, -0.1) is 0 Å². The molecular weight excluding hydrogens is 404 g/mol. The standard InChI is InChI=1S/C23H25ClN2O2S/c1-26(2)17-16-23(20-8-12-21(24)13-9-20)25-29(27,28)22-14-10-19(11-15-22)18-6-4-3-5-7-18/h3-15,23,25H,16-17H2,1-2H3. The summed E-state index contributed by atoms with van der Waals surface area (Å²) >= 11 is 5.99. The molecule has 29 heavy (non-hydrogen) atoms. The van der Waals surface area contributed by atoms with Crippen LogP contribution < -0.4 is 4.72 Å². The first-order valence-electron chi connectivity index (χ1n) is 9.43. The van der Waals surface area contributed by atoms with Crippen LogP contribution in [-0.4, -0.2) is 34.0 Å². The Balaban J connectivity index is 1.83. The van der Waals surface area contributed by atoms with Crippen LogP contribution in [0.15, 0.2) is 83.8 Å². The summed E-state index contributed by atoms with van der Waals surface area (Å²) in [7, 11) is 0.270. The van der Waals surface area contributed by atoms with Crippen LogP contribution >= 0.6 is 11.6 Å². The molecule has 0 aliphatic carbocycles. The molecule has 0 aliphatic heterocycles. The second-order valence-corrected chi connectivity index (χ2v) is 9.36. The minimum Gasteiger partial charge on any atom is -0.309 e. The van der Waals surface area contributed by atoms with Gasteiger partial charge in [-0.2, -0.15) is 0 Å². The summed E-state index contributed by atoms with van der Waals surface area (Å²) in [6, 6.07) is 23.8. The summed E-state index contributed by atoms with van der Waals surface area (Å²) in [5.41, 5.74) is 2.92. The Kier molecular flexibility index (Phi) is 7.09. The largest absolute Gasteiger partial charge is 0.309 e. The van der Waals surface area contributed by atoms with Crippen LogP contribution in [0, 0.1) is 0 Å². The van der Waals surface area contributed by atoms with Gasteiger partial charge in [0.25, 0.3) is 0 Å². The van der Waals surface area contributed by atoms with Crippen LogP contribution in [0.2, 0.25) is 5.02 Å². The van der Waals surface area contributed by atoms with Crippen LogP contribution in [0.1, 0.15) is 18.0 Å². The zero-order valence-corrected chi connectivity index (χ0v) is 18.1. The summed E-state index contributed by atoms with van der Waals surface area (Å²) in [6.45, 7) is 0.753. The molecule has 4 nitrogen and oxygen atoms in total. The molecule has 3 aromatic carbocycles. The highest BCUT2D eigenvalue weighted by Gasteiger charge is 2.21. The Bertz CT molecular complexity index is 1020. The number of nitrogens with zero attached hydrogens (tertiary/aromatic N) is 1. The lowest BCUT2D eigenvalue weighted by Crippen LogP contribution is -2.31. The molecule has 3 rings (SSSR count). The van der Waals surface area contributed by atoms with Crippen molar-refractivity contribution in [1.82, 2.24) is 9.62 Å². The van der Waals surface area contributed by atoms with E-state index in [-0.39, 0.29) is 10.9 Å².